The Hall–Kier alpha value is -6.03. The zero-order valence-corrected chi connectivity index (χ0v) is 32.2. The number of fused-ring (bicyclic) bond motifs is 1. The summed E-state index contributed by atoms with van der Waals surface area (Å²) in [5, 5.41) is 4.75. The Morgan fingerprint density at radius 3 is 2.24 bits per heavy atom. The van der Waals surface area contributed by atoms with Gasteiger partial charge in [0.2, 0.25) is 5.91 Å². The highest BCUT2D eigenvalue weighted by atomic mass is 16.6. The van der Waals surface area contributed by atoms with E-state index in [1.807, 2.05) is 97.9 Å². The first-order valence-corrected chi connectivity index (χ1v) is 18.5. The van der Waals surface area contributed by atoms with Crippen LogP contribution in [0.15, 0.2) is 109 Å². The van der Waals surface area contributed by atoms with Gasteiger partial charge in [0.25, 0.3) is 0 Å². The highest BCUT2D eigenvalue weighted by molar-refractivity contribution is 6.00. The second-order valence-electron chi connectivity index (χ2n) is 14.5. The zero-order chi connectivity index (χ0) is 39.4. The van der Waals surface area contributed by atoms with Crippen molar-refractivity contribution in [2.45, 2.75) is 71.5 Å². The molecule has 0 aliphatic carbocycles. The number of pyridine rings is 1. The van der Waals surface area contributed by atoms with Crippen molar-refractivity contribution in [1.82, 2.24) is 10.3 Å². The number of ketones is 1. The number of methoxy groups -OCH3 is 1. The highest BCUT2D eigenvalue weighted by Crippen LogP contribution is 2.36. The van der Waals surface area contributed by atoms with Gasteiger partial charge in [-0.2, -0.15) is 0 Å². The van der Waals surface area contributed by atoms with Gasteiger partial charge in [0, 0.05) is 36.9 Å². The third-order valence-corrected chi connectivity index (χ3v) is 8.99. The molecule has 1 N–H and O–H groups in total. The Kier molecular flexibility index (Phi) is 13.7. The van der Waals surface area contributed by atoms with Crippen LogP contribution in [0.25, 0.3) is 21.9 Å². The van der Waals surface area contributed by atoms with E-state index < -0.39 is 23.6 Å². The number of ether oxygens (including phenoxy) is 3. The van der Waals surface area contributed by atoms with Gasteiger partial charge in [-0.1, -0.05) is 84.9 Å². The van der Waals surface area contributed by atoms with E-state index in [0.29, 0.717) is 18.8 Å². The van der Waals surface area contributed by atoms with Crippen LogP contribution in [0.2, 0.25) is 0 Å². The molecule has 5 aromatic rings. The normalized spacial score (nSPS) is 11.7. The number of benzene rings is 4. The molecular formula is C45H49N3O7. The highest BCUT2D eigenvalue weighted by Gasteiger charge is 2.25. The Morgan fingerprint density at radius 2 is 1.55 bits per heavy atom. The predicted octanol–water partition coefficient (Wildman–Crippen LogP) is 8.73. The van der Waals surface area contributed by atoms with Crippen molar-refractivity contribution in [2.75, 3.05) is 25.1 Å². The minimum atomic E-state index is -0.704. The Morgan fingerprint density at radius 1 is 0.836 bits per heavy atom. The van der Waals surface area contributed by atoms with Crippen LogP contribution in [0.3, 0.4) is 0 Å². The Labute approximate surface area is 322 Å². The van der Waals surface area contributed by atoms with Crippen molar-refractivity contribution >= 4 is 40.3 Å². The lowest BCUT2D eigenvalue weighted by Gasteiger charge is -2.27. The first-order valence-electron chi connectivity index (χ1n) is 18.5. The lowest BCUT2D eigenvalue weighted by Crippen LogP contribution is -2.38. The topological polar surface area (TPSA) is 124 Å². The summed E-state index contributed by atoms with van der Waals surface area (Å²) in [6.45, 7) is 7.73. The number of rotatable bonds is 16. The predicted molar refractivity (Wildman–Crippen MR) is 214 cm³/mol. The number of hydrogen-bond acceptors (Lipinski definition) is 8. The Bertz CT molecular complexity index is 2090. The summed E-state index contributed by atoms with van der Waals surface area (Å²) < 4.78 is 16.7. The quantitative estimate of drug-likeness (QED) is 0.0996. The van der Waals surface area contributed by atoms with E-state index in [9.17, 15) is 19.2 Å². The van der Waals surface area contributed by atoms with E-state index in [4.69, 9.17) is 14.2 Å². The number of hydrogen-bond donors (Lipinski definition) is 1. The number of Topliss-reactive ketones (excluding diaryl/α,β-unsaturated/α-hetero) is 1. The molecule has 0 saturated carbocycles. The third-order valence-electron chi connectivity index (χ3n) is 8.99. The minimum Gasteiger partial charge on any atom is -0.488 e. The smallest absolute Gasteiger partial charge is 0.416 e. The molecule has 55 heavy (non-hydrogen) atoms. The lowest BCUT2D eigenvalue weighted by atomic mass is 9.89. The van der Waals surface area contributed by atoms with E-state index in [1.165, 1.54) is 12.0 Å². The second kappa shape index (κ2) is 18.8. The number of carbonyl (C=O) groups is 4. The number of carbonyl (C=O) groups excluding carboxylic acids is 4. The molecule has 0 bridgehead atoms. The van der Waals surface area contributed by atoms with Gasteiger partial charge < -0.3 is 19.5 Å². The SMILES string of the molecule is COC(=O)C[C@@H](CC(=O)CNC(=O)CCCN(C(=O)OC(C)(C)C)c1cc(C)ccn1)c1ccc(-c2ccc(OCc3ccccc3)c3ccccc23)cc1. The molecule has 10 nitrogen and oxygen atoms in total. The number of nitrogens with one attached hydrogen (secondary N) is 1. The van der Waals surface area contributed by atoms with Crippen LogP contribution < -0.4 is 15.0 Å². The van der Waals surface area contributed by atoms with Gasteiger partial charge in [0.05, 0.1) is 20.1 Å². The minimum absolute atomic E-state index is 0.0133. The molecule has 0 radical (unpaired) electrons. The molecule has 2 amide bonds. The van der Waals surface area contributed by atoms with Crippen LogP contribution in [0.1, 0.15) is 69.1 Å². The standard InChI is InChI=1S/C45H49N3O7/c1-31-23-24-46-41(26-31)48(44(52)55-45(2,3)4)25-11-16-42(50)47-29-36(49)27-35(28-43(51)53-5)33-17-19-34(20-18-33)37-21-22-40(39-15-10-9-14-38(37)39)54-30-32-12-7-6-8-13-32/h6-10,12-15,17-24,26,35H,11,16,25,27-30H2,1-5H3,(H,47,50)/t35-/m1/s1. The lowest BCUT2D eigenvalue weighted by molar-refractivity contribution is -0.141. The number of aryl methyl sites for hydroxylation is 1. The largest absolute Gasteiger partial charge is 0.488 e. The number of amides is 2. The molecule has 4 aromatic carbocycles. The summed E-state index contributed by atoms with van der Waals surface area (Å²) in [5.41, 5.74) is 4.14. The van der Waals surface area contributed by atoms with Gasteiger partial charge in [0.1, 0.15) is 23.8 Å². The fourth-order valence-electron chi connectivity index (χ4n) is 6.23. The molecule has 286 valence electrons. The van der Waals surface area contributed by atoms with Crippen LogP contribution in [0, 0.1) is 6.92 Å². The van der Waals surface area contributed by atoms with E-state index >= 15 is 0 Å². The first kappa shape index (κ1) is 40.2. The van der Waals surface area contributed by atoms with Crippen LogP contribution in [-0.4, -0.2) is 54.5 Å². The maximum absolute atomic E-state index is 13.2. The van der Waals surface area contributed by atoms with Gasteiger partial charge in [0.15, 0.2) is 5.78 Å². The van der Waals surface area contributed by atoms with Crippen LogP contribution >= 0.6 is 0 Å². The van der Waals surface area contributed by atoms with Gasteiger partial charge in [-0.25, -0.2) is 9.78 Å². The number of nitrogens with zero attached hydrogens (tertiary/aromatic N) is 2. The summed E-state index contributed by atoms with van der Waals surface area (Å²) in [6.07, 6.45) is 1.52. The van der Waals surface area contributed by atoms with Crippen LogP contribution in [0.5, 0.6) is 5.75 Å². The zero-order valence-electron chi connectivity index (χ0n) is 32.2. The van der Waals surface area contributed by atoms with Crippen molar-refractivity contribution < 1.29 is 33.4 Å². The fourth-order valence-corrected chi connectivity index (χ4v) is 6.23. The van der Waals surface area contributed by atoms with Gasteiger partial charge in [-0.3, -0.25) is 19.3 Å². The summed E-state index contributed by atoms with van der Waals surface area (Å²) in [6, 6.07) is 33.6. The van der Waals surface area contributed by atoms with E-state index in [0.717, 1.165) is 44.3 Å². The van der Waals surface area contributed by atoms with Crippen molar-refractivity contribution in [2.24, 2.45) is 0 Å². The van der Waals surface area contributed by atoms with E-state index in [2.05, 4.69) is 16.4 Å². The number of anilines is 1. The average molecular weight is 744 g/mol. The molecule has 0 saturated heterocycles. The molecule has 0 unspecified atom stereocenters. The maximum atomic E-state index is 13.2. The van der Waals surface area contributed by atoms with Crippen molar-refractivity contribution in [1.29, 1.82) is 0 Å². The first-order chi connectivity index (χ1) is 26.4. The summed E-state index contributed by atoms with van der Waals surface area (Å²) in [5.74, 6) is -0.188. The van der Waals surface area contributed by atoms with Crippen molar-refractivity contribution in [3.63, 3.8) is 0 Å². The van der Waals surface area contributed by atoms with E-state index in [-0.39, 0.29) is 44.0 Å². The summed E-state index contributed by atoms with van der Waals surface area (Å²) >= 11 is 0. The van der Waals surface area contributed by atoms with Crippen molar-refractivity contribution in [3.8, 4) is 16.9 Å². The molecular weight excluding hydrogens is 695 g/mol. The molecule has 1 heterocycles. The van der Waals surface area contributed by atoms with Crippen LogP contribution in [-0.2, 0) is 30.5 Å². The van der Waals surface area contributed by atoms with E-state index in [1.54, 1.807) is 33.0 Å². The fraction of sp³-hybridized carbons (Fsp3) is 0.311. The molecule has 0 fully saturated rings. The number of aromatic nitrogens is 1. The molecule has 1 atom stereocenters. The molecule has 5 rings (SSSR count). The summed E-state index contributed by atoms with van der Waals surface area (Å²) in [7, 11) is 1.32. The molecule has 0 spiro atoms. The monoisotopic (exact) mass is 743 g/mol. The number of esters is 1. The summed E-state index contributed by atoms with van der Waals surface area (Å²) in [4.78, 5) is 57.1. The van der Waals surface area contributed by atoms with Gasteiger partial charge >= 0.3 is 12.1 Å². The maximum Gasteiger partial charge on any atom is 0.416 e. The third kappa shape index (κ3) is 11.7. The average Bonchev–Trinajstić information content (AvgIpc) is 3.17. The van der Waals surface area contributed by atoms with Crippen LogP contribution in [0.4, 0.5) is 10.6 Å². The van der Waals surface area contributed by atoms with Gasteiger partial charge in [-0.05, 0) is 85.5 Å². The molecule has 1 aromatic heterocycles. The molecule has 10 heteroatoms. The van der Waals surface area contributed by atoms with Crippen molar-refractivity contribution in [3.05, 3.63) is 126 Å². The molecule has 0 aliphatic heterocycles. The Balaban J connectivity index is 1.20. The van der Waals surface area contributed by atoms with Gasteiger partial charge in [-0.15, -0.1) is 0 Å². The molecule has 0 aliphatic rings. The second-order valence-corrected chi connectivity index (χ2v) is 14.5.